The highest BCUT2D eigenvalue weighted by molar-refractivity contribution is 6.05. The Morgan fingerprint density at radius 3 is 3.00 bits per heavy atom. The minimum absolute atomic E-state index is 0.169. The first-order valence-electron chi connectivity index (χ1n) is 6.98. The molecular weight excluding hydrogens is 256 g/mol. The molecule has 0 radical (unpaired) electrons. The molecule has 0 bridgehead atoms. The highest BCUT2D eigenvalue weighted by atomic mass is 16.1. The molecule has 0 spiro atoms. The zero-order valence-corrected chi connectivity index (χ0v) is 11.5. The summed E-state index contributed by atoms with van der Waals surface area (Å²) in [5.74, 6) is 0.252. The summed E-state index contributed by atoms with van der Waals surface area (Å²) >= 11 is 0. The first-order chi connectivity index (χ1) is 9.79. The summed E-state index contributed by atoms with van der Waals surface area (Å²) in [6, 6.07) is 0.330. The zero-order valence-electron chi connectivity index (χ0n) is 11.5. The number of aryl methyl sites for hydroxylation is 1. The monoisotopic (exact) mass is 274 g/mol. The number of aromatic nitrogens is 5. The number of imidazole rings is 1. The fourth-order valence-corrected chi connectivity index (χ4v) is 2.52. The van der Waals surface area contributed by atoms with Gasteiger partial charge in [0.2, 0.25) is 5.78 Å². The van der Waals surface area contributed by atoms with E-state index in [1.54, 1.807) is 18.6 Å². The van der Waals surface area contributed by atoms with Gasteiger partial charge in [0, 0.05) is 18.9 Å². The first kappa shape index (κ1) is 13.0. The minimum atomic E-state index is -0.169. The van der Waals surface area contributed by atoms with Gasteiger partial charge in [0.05, 0.1) is 12.2 Å². The Kier molecular flexibility index (Phi) is 3.60. The summed E-state index contributed by atoms with van der Waals surface area (Å²) in [4.78, 5) is 16.5. The van der Waals surface area contributed by atoms with Gasteiger partial charge in [-0.15, -0.1) is 5.10 Å². The maximum Gasteiger partial charge on any atom is 0.250 e. The van der Waals surface area contributed by atoms with Crippen molar-refractivity contribution in [2.75, 3.05) is 13.1 Å². The molecule has 3 heterocycles. The Morgan fingerprint density at radius 2 is 2.25 bits per heavy atom. The maximum atomic E-state index is 12.4. The molecular formula is C13H18N6O. The number of nitrogens with zero attached hydrogens (tertiary/aromatic N) is 5. The van der Waals surface area contributed by atoms with Crippen molar-refractivity contribution in [3.63, 3.8) is 0 Å². The molecule has 0 unspecified atom stereocenters. The SMILES string of the molecule is CCn1ccnc1C(=O)c1cn(C2CCNCC2)nn1. The first-order valence-corrected chi connectivity index (χ1v) is 6.98. The summed E-state index contributed by atoms with van der Waals surface area (Å²) in [5, 5.41) is 11.4. The third kappa shape index (κ3) is 2.36. The van der Waals surface area contributed by atoms with E-state index in [4.69, 9.17) is 0 Å². The summed E-state index contributed by atoms with van der Waals surface area (Å²) in [6.45, 7) is 4.65. The molecule has 1 aliphatic heterocycles. The van der Waals surface area contributed by atoms with E-state index >= 15 is 0 Å². The van der Waals surface area contributed by atoms with Crippen LogP contribution in [0.5, 0.6) is 0 Å². The topological polar surface area (TPSA) is 77.6 Å². The third-order valence-corrected chi connectivity index (χ3v) is 3.68. The summed E-state index contributed by atoms with van der Waals surface area (Å²) in [6.07, 6.45) is 7.20. The predicted molar refractivity (Wildman–Crippen MR) is 72.5 cm³/mol. The van der Waals surface area contributed by atoms with E-state index in [0.717, 1.165) is 25.9 Å². The number of nitrogens with one attached hydrogen (secondary N) is 1. The van der Waals surface area contributed by atoms with E-state index in [-0.39, 0.29) is 5.78 Å². The van der Waals surface area contributed by atoms with Gasteiger partial charge in [-0.2, -0.15) is 0 Å². The van der Waals surface area contributed by atoms with Gasteiger partial charge in [0.1, 0.15) is 0 Å². The van der Waals surface area contributed by atoms with Crippen molar-refractivity contribution in [2.24, 2.45) is 0 Å². The van der Waals surface area contributed by atoms with Gasteiger partial charge in [-0.1, -0.05) is 5.21 Å². The molecule has 2 aromatic heterocycles. The molecule has 0 saturated carbocycles. The Hall–Kier alpha value is -2.02. The van der Waals surface area contributed by atoms with Crippen LogP contribution in [-0.2, 0) is 6.54 Å². The molecule has 0 aliphatic carbocycles. The molecule has 20 heavy (non-hydrogen) atoms. The van der Waals surface area contributed by atoms with Crippen molar-refractivity contribution in [1.82, 2.24) is 29.9 Å². The number of hydrogen-bond donors (Lipinski definition) is 1. The van der Waals surface area contributed by atoms with Gasteiger partial charge in [-0.05, 0) is 32.9 Å². The molecule has 7 nitrogen and oxygen atoms in total. The second-order valence-corrected chi connectivity index (χ2v) is 4.93. The van der Waals surface area contributed by atoms with E-state index in [9.17, 15) is 4.79 Å². The van der Waals surface area contributed by atoms with Crippen molar-refractivity contribution in [3.05, 3.63) is 30.1 Å². The fraction of sp³-hybridized carbons (Fsp3) is 0.538. The highest BCUT2D eigenvalue weighted by Gasteiger charge is 2.21. The van der Waals surface area contributed by atoms with Crippen LogP contribution < -0.4 is 5.32 Å². The number of carbonyl (C=O) groups excluding carboxylic acids is 1. The molecule has 0 atom stereocenters. The van der Waals surface area contributed by atoms with Crippen molar-refractivity contribution in [1.29, 1.82) is 0 Å². The molecule has 1 N–H and O–H groups in total. The fourth-order valence-electron chi connectivity index (χ4n) is 2.52. The van der Waals surface area contributed by atoms with Crippen LogP contribution in [0.1, 0.15) is 42.1 Å². The largest absolute Gasteiger partial charge is 0.328 e. The second-order valence-electron chi connectivity index (χ2n) is 4.93. The van der Waals surface area contributed by atoms with Crippen LogP contribution in [0, 0.1) is 0 Å². The molecule has 3 rings (SSSR count). The third-order valence-electron chi connectivity index (χ3n) is 3.68. The quantitative estimate of drug-likeness (QED) is 0.828. The van der Waals surface area contributed by atoms with E-state index in [1.165, 1.54) is 0 Å². The normalized spacial score (nSPS) is 16.4. The Balaban J connectivity index is 1.81. The van der Waals surface area contributed by atoms with E-state index < -0.39 is 0 Å². The van der Waals surface area contributed by atoms with Gasteiger partial charge in [0.15, 0.2) is 11.5 Å². The average molecular weight is 274 g/mol. The maximum absolute atomic E-state index is 12.4. The lowest BCUT2D eigenvalue weighted by molar-refractivity contribution is 0.102. The van der Waals surface area contributed by atoms with Crippen LogP contribution in [0.3, 0.4) is 0 Å². The van der Waals surface area contributed by atoms with Gasteiger partial charge < -0.3 is 9.88 Å². The minimum Gasteiger partial charge on any atom is -0.328 e. The second kappa shape index (κ2) is 5.54. The lowest BCUT2D eigenvalue weighted by Gasteiger charge is -2.22. The molecule has 1 saturated heterocycles. The van der Waals surface area contributed by atoms with Gasteiger partial charge in [-0.25, -0.2) is 9.67 Å². The van der Waals surface area contributed by atoms with Crippen LogP contribution >= 0.6 is 0 Å². The van der Waals surface area contributed by atoms with E-state index in [0.29, 0.717) is 24.1 Å². The Bertz CT molecular complexity index is 596. The van der Waals surface area contributed by atoms with Gasteiger partial charge in [-0.3, -0.25) is 4.79 Å². The molecule has 1 fully saturated rings. The Morgan fingerprint density at radius 1 is 1.45 bits per heavy atom. The predicted octanol–water partition coefficient (Wildman–Crippen LogP) is 0.650. The van der Waals surface area contributed by atoms with Crippen LogP contribution in [0.15, 0.2) is 18.6 Å². The molecule has 1 aliphatic rings. The van der Waals surface area contributed by atoms with Crippen LogP contribution in [0.4, 0.5) is 0 Å². The molecule has 2 aromatic rings. The number of ketones is 1. The van der Waals surface area contributed by atoms with Crippen LogP contribution in [0.25, 0.3) is 0 Å². The number of piperidine rings is 1. The number of carbonyl (C=O) groups is 1. The van der Waals surface area contributed by atoms with Crippen LogP contribution in [0.2, 0.25) is 0 Å². The molecule has 106 valence electrons. The number of rotatable bonds is 4. The van der Waals surface area contributed by atoms with Crippen LogP contribution in [-0.4, -0.2) is 43.4 Å². The summed E-state index contributed by atoms with van der Waals surface area (Å²) < 4.78 is 3.62. The van der Waals surface area contributed by atoms with Gasteiger partial charge in [0.25, 0.3) is 0 Å². The highest BCUT2D eigenvalue weighted by Crippen LogP contribution is 2.17. The standard InChI is InChI=1S/C13H18N6O/c1-2-18-8-7-15-13(18)12(20)11-9-19(17-16-11)10-3-5-14-6-4-10/h7-10,14H,2-6H2,1H3. The van der Waals surface area contributed by atoms with Crippen molar-refractivity contribution >= 4 is 5.78 Å². The Labute approximate surface area is 117 Å². The van der Waals surface area contributed by atoms with E-state index in [1.807, 2.05) is 16.2 Å². The summed E-state index contributed by atoms with van der Waals surface area (Å²) in [7, 11) is 0. The number of hydrogen-bond acceptors (Lipinski definition) is 5. The lowest BCUT2D eigenvalue weighted by Crippen LogP contribution is -2.29. The lowest BCUT2D eigenvalue weighted by atomic mass is 10.1. The van der Waals surface area contributed by atoms with Crippen molar-refractivity contribution < 1.29 is 4.79 Å². The average Bonchev–Trinajstić information content (AvgIpc) is 3.16. The zero-order chi connectivity index (χ0) is 13.9. The van der Waals surface area contributed by atoms with Crippen molar-refractivity contribution in [2.45, 2.75) is 32.4 Å². The smallest absolute Gasteiger partial charge is 0.250 e. The van der Waals surface area contributed by atoms with Crippen molar-refractivity contribution in [3.8, 4) is 0 Å². The molecule has 0 amide bonds. The molecule has 0 aromatic carbocycles. The van der Waals surface area contributed by atoms with Gasteiger partial charge >= 0.3 is 0 Å². The summed E-state index contributed by atoms with van der Waals surface area (Å²) in [5.41, 5.74) is 0.365. The van der Waals surface area contributed by atoms with E-state index in [2.05, 4.69) is 20.6 Å². The molecule has 7 heteroatoms.